The van der Waals surface area contributed by atoms with Crippen LogP contribution in [-0.2, 0) is 29.9 Å². The van der Waals surface area contributed by atoms with Gasteiger partial charge in [-0.05, 0) is 108 Å². The third-order valence-corrected chi connectivity index (χ3v) is 10.9. The molecule has 0 aromatic heterocycles. The lowest BCUT2D eigenvalue weighted by atomic mass is 9.64. The van der Waals surface area contributed by atoms with Crippen LogP contribution in [-0.4, -0.2) is 24.1 Å². The van der Waals surface area contributed by atoms with E-state index in [2.05, 4.69) is 100 Å². The molecule has 0 aliphatic carbocycles. The molecule has 2 heterocycles. The first-order valence-electron chi connectivity index (χ1n) is 16.7. The molecule has 0 bridgehead atoms. The Morgan fingerprint density at radius 2 is 0.771 bits per heavy atom. The number of esters is 2. The minimum absolute atomic E-state index is 0.137. The lowest BCUT2D eigenvalue weighted by molar-refractivity contribution is -0.184. The summed E-state index contributed by atoms with van der Waals surface area (Å²) in [6, 6.07) is 41.2. The Bertz CT molecular complexity index is 2090. The molecule has 6 aromatic rings. The molecule has 4 nitrogen and oxygen atoms in total. The van der Waals surface area contributed by atoms with Crippen molar-refractivity contribution >= 4 is 33.5 Å². The van der Waals surface area contributed by atoms with Gasteiger partial charge in [0.05, 0.1) is 0 Å². The maximum absolute atomic E-state index is 13.0. The molecule has 8 rings (SSSR count). The first-order valence-corrected chi connectivity index (χ1v) is 16.7. The molecule has 2 saturated heterocycles. The van der Waals surface area contributed by atoms with E-state index >= 15 is 0 Å². The molecule has 2 unspecified atom stereocenters. The number of benzene rings is 6. The van der Waals surface area contributed by atoms with Crippen molar-refractivity contribution in [3.05, 3.63) is 166 Å². The number of carbonyl (C=O) groups excluding carboxylic acids is 2. The van der Waals surface area contributed by atoms with Crippen LogP contribution in [0.4, 0.5) is 0 Å². The molecule has 2 aliphatic heterocycles. The Labute approximate surface area is 282 Å². The monoisotopic (exact) mass is 632 g/mol. The van der Waals surface area contributed by atoms with Crippen LogP contribution < -0.4 is 0 Å². The summed E-state index contributed by atoms with van der Waals surface area (Å²) in [6.07, 6.45) is -0.368. The molecule has 4 heteroatoms. The summed E-state index contributed by atoms with van der Waals surface area (Å²) in [5.74, 6) is -0.305. The number of hydrogen-bond donors (Lipinski definition) is 0. The summed E-state index contributed by atoms with van der Waals surface area (Å²) in [5, 5.41) is 4.48. The van der Waals surface area contributed by atoms with Crippen LogP contribution >= 0.6 is 0 Å². The highest BCUT2D eigenvalue weighted by molar-refractivity contribution is 6.04. The number of ether oxygens (including phenoxy) is 2. The summed E-state index contributed by atoms with van der Waals surface area (Å²) >= 11 is 0. The minimum atomic E-state index is -0.776. The van der Waals surface area contributed by atoms with E-state index in [0.29, 0.717) is 0 Å². The van der Waals surface area contributed by atoms with E-state index in [-0.39, 0.29) is 24.1 Å². The van der Waals surface area contributed by atoms with Crippen molar-refractivity contribution < 1.29 is 19.1 Å². The average Bonchev–Trinajstić information content (AvgIpc) is 3.09. The number of hydrogen-bond acceptors (Lipinski definition) is 4. The lowest BCUT2D eigenvalue weighted by Gasteiger charge is -2.47. The molecule has 0 radical (unpaired) electrons. The molecule has 2 aliphatic rings. The van der Waals surface area contributed by atoms with Crippen LogP contribution in [0, 0.1) is 27.7 Å². The quantitative estimate of drug-likeness (QED) is 0.182. The predicted octanol–water partition coefficient (Wildman–Crippen LogP) is 9.38. The SMILES string of the molecule is CC1OC(=O)C1(c1cccc2ccccc12)c1cccc2ccccc12.Cc1cccc(C2(c3cccc(C)c3C)C(=O)OC2C)c1C. The standard InChI is InChI=1S/C24H18O2.C20H22O2/c1-16-24(23(25)26-16,21-14-6-10-17-8-2-4-12-19(17)21)22-15-7-11-18-9-3-5-13-20(18)22;1-12-8-6-10-17(14(12)3)20(16(5)22-19(20)21)18-11-7-9-13(2)15(18)4/h2-16H,1H3;6-11,16H,1-5H3. The molecule has 2 atom stereocenters. The van der Waals surface area contributed by atoms with Crippen molar-refractivity contribution in [3.8, 4) is 0 Å². The fraction of sp³-hybridized carbons (Fsp3) is 0.227. The molecule has 0 saturated carbocycles. The maximum Gasteiger partial charge on any atom is 0.325 e. The van der Waals surface area contributed by atoms with Gasteiger partial charge in [-0.25, -0.2) is 0 Å². The first kappa shape index (κ1) is 31.4. The first-order chi connectivity index (χ1) is 23.1. The van der Waals surface area contributed by atoms with Gasteiger partial charge >= 0.3 is 11.9 Å². The molecule has 0 N–H and O–H groups in total. The third-order valence-electron chi connectivity index (χ3n) is 10.9. The second-order valence-corrected chi connectivity index (χ2v) is 13.3. The molecule has 2 fully saturated rings. The van der Waals surface area contributed by atoms with Gasteiger partial charge in [-0.3, -0.25) is 9.59 Å². The number of aryl methyl sites for hydroxylation is 2. The van der Waals surface area contributed by atoms with Crippen LogP contribution in [0.15, 0.2) is 121 Å². The van der Waals surface area contributed by atoms with Crippen LogP contribution in [0.1, 0.15) is 58.4 Å². The van der Waals surface area contributed by atoms with Gasteiger partial charge in [0.25, 0.3) is 0 Å². The van der Waals surface area contributed by atoms with Crippen LogP contribution in [0.25, 0.3) is 21.5 Å². The van der Waals surface area contributed by atoms with Gasteiger partial charge < -0.3 is 9.47 Å². The van der Waals surface area contributed by atoms with Crippen LogP contribution in [0.2, 0.25) is 0 Å². The van der Waals surface area contributed by atoms with Gasteiger partial charge in [0.1, 0.15) is 12.2 Å². The molecular weight excluding hydrogens is 592 g/mol. The van der Waals surface area contributed by atoms with Crippen molar-refractivity contribution in [1.82, 2.24) is 0 Å². The van der Waals surface area contributed by atoms with Crippen molar-refractivity contribution in [3.63, 3.8) is 0 Å². The average molecular weight is 633 g/mol. The highest BCUT2D eigenvalue weighted by Gasteiger charge is 2.60. The van der Waals surface area contributed by atoms with Gasteiger partial charge in [0, 0.05) is 0 Å². The highest BCUT2D eigenvalue weighted by Crippen LogP contribution is 2.50. The van der Waals surface area contributed by atoms with Crippen molar-refractivity contribution in [2.45, 2.75) is 64.6 Å². The Balaban J connectivity index is 0.000000154. The van der Waals surface area contributed by atoms with E-state index in [0.717, 1.165) is 43.8 Å². The Morgan fingerprint density at radius 1 is 0.438 bits per heavy atom. The van der Waals surface area contributed by atoms with Crippen molar-refractivity contribution in [2.24, 2.45) is 0 Å². The zero-order valence-electron chi connectivity index (χ0n) is 28.3. The summed E-state index contributed by atoms with van der Waals surface area (Å²) in [7, 11) is 0. The van der Waals surface area contributed by atoms with E-state index in [9.17, 15) is 9.59 Å². The minimum Gasteiger partial charge on any atom is -0.460 e. The number of rotatable bonds is 4. The number of cyclic esters (lactones) is 2. The van der Waals surface area contributed by atoms with E-state index in [1.165, 1.54) is 22.3 Å². The van der Waals surface area contributed by atoms with Crippen LogP contribution in [0.3, 0.4) is 0 Å². The molecule has 0 spiro atoms. The van der Waals surface area contributed by atoms with Gasteiger partial charge in [0.15, 0.2) is 10.8 Å². The van der Waals surface area contributed by atoms with E-state index < -0.39 is 10.8 Å². The Hall–Kier alpha value is -5.22. The zero-order chi connectivity index (χ0) is 33.8. The van der Waals surface area contributed by atoms with Crippen molar-refractivity contribution in [1.29, 1.82) is 0 Å². The van der Waals surface area contributed by atoms with Crippen molar-refractivity contribution in [2.75, 3.05) is 0 Å². The second kappa shape index (κ2) is 11.8. The third kappa shape index (κ3) is 4.42. The topological polar surface area (TPSA) is 52.6 Å². The highest BCUT2D eigenvalue weighted by atomic mass is 16.6. The largest absolute Gasteiger partial charge is 0.460 e. The summed E-state index contributed by atoms with van der Waals surface area (Å²) in [4.78, 5) is 25.7. The molecule has 240 valence electrons. The molecule has 48 heavy (non-hydrogen) atoms. The molecule has 6 aromatic carbocycles. The maximum atomic E-state index is 13.0. The normalized spacial score (nSPS) is 19.0. The van der Waals surface area contributed by atoms with Crippen LogP contribution in [0.5, 0.6) is 0 Å². The fourth-order valence-electron chi connectivity index (χ4n) is 8.00. The van der Waals surface area contributed by atoms with E-state index in [1.807, 2.05) is 62.4 Å². The van der Waals surface area contributed by atoms with Gasteiger partial charge in [-0.15, -0.1) is 0 Å². The number of fused-ring (bicyclic) bond motifs is 2. The lowest BCUT2D eigenvalue weighted by Crippen LogP contribution is -2.60. The molecular formula is C44H40O4. The second-order valence-electron chi connectivity index (χ2n) is 13.3. The fourth-order valence-corrected chi connectivity index (χ4v) is 8.00. The van der Waals surface area contributed by atoms with Gasteiger partial charge in [0.2, 0.25) is 0 Å². The summed E-state index contributed by atoms with van der Waals surface area (Å²) in [6.45, 7) is 12.3. The predicted molar refractivity (Wildman–Crippen MR) is 192 cm³/mol. The number of carbonyl (C=O) groups is 2. The van der Waals surface area contributed by atoms with Gasteiger partial charge in [-0.1, -0.05) is 121 Å². The van der Waals surface area contributed by atoms with E-state index in [1.54, 1.807) is 0 Å². The molecule has 0 amide bonds. The summed E-state index contributed by atoms with van der Waals surface area (Å²) in [5.41, 5.74) is 7.50. The Kier molecular flexibility index (Phi) is 7.71. The summed E-state index contributed by atoms with van der Waals surface area (Å²) < 4.78 is 10.9. The van der Waals surface area contributed by atoms with E-state index in [4.69, 9.17) is 9.47 Å². The van der Waals surface area contributed by atoms with Gasteiger partial charge in [-0.2, -0.15) is 0 Å². The Morgan fingerprint density at radius 3 is 1.17 bits per heavy atom. The zero-order valence-corrected chi connectivity index (χ0v) is 28.3. The smallest absolute Gasteiger partial charge is 0.325 e.